The summed E-state index contributed by atoms with van der Waals surface area (Å²) in [6.45, 7) is 49.2. The highest BCUT2D eigenvalue weighted by Crippen LogP contribution is 2.52. The molecule has 1 heterocycles. The van der Waals surface area contributed by atoms with Crippen LogP contribution in [0.15, 0.2) is 36.0 Å². The van der Waals surface area contributed by atoms with Crippen molar-refractivity contribution in [3.8, 4) is 0 Å². The van der Waals surface area contributed by atoms with Crippen LogP contribution in [0.5, 0.6) is 0 Å². The van der Waals surface area contributed by atoms with Gasteiger partial charge in [-0.15, -0.1) is 0 Å². The predicted octanol–water partition coefficient (Wildman–Crippen LogP) is 10.1. The number of unbranched alkanes of at least 4 members (excludes halogenated alkanes) is 4. The van der Waals surface area contributed by atoms with Crippen LogP contribution in [0.25, 0.3) is 0 Å². The molecule has 10 atom stereocenters. The van der Waals surface area contributed by atoms with Crippen molar-refractivity contribution < 1.29 is 25.2 Å². The first-order valence-corrected chi connectivity index (χ1v) is 27.9. The van der Waals surface area contributed by atoms with E-state index in [0.717, 1.165) is 102 Å². The zero-order valence-corrected chi connectivity index (χ0v) is 47.4. The van der Waals surface area contributed by atoms with Gasteiger partial charge in [-0.25, -0.2) is 0 Å². The molecule has 0 bridgehead atoms. The van der Waals surface area contributed by atoms with Gasteiger partial charge in [0.05, 0.1) is 30.0 Å². The Hall–Kier alpha value is -1.18. The number of aliphatic hydroxyl groups excluding tert-OH is 3. The Morgan fingerprint density at radius 2 is 1.40 bits per heavy atom. The summed E-state index contributed by atoms with van der Waals surface area (Å²) in [5, 5.41) is 46.5. The van der Waals surface area contributed by atoms with Gasteiger partial charge in [-0.2, -0.15) is 0 Å². The average molecular weight is 961 g/mol. The van der Waals surface area contributed by atoms with Crippen molar-refractivity contribution in [2.75, 3.05) is 78.5 Å². The molecule has 10 nitrogen and oxygen atoms in total. The van der Waals surface area contributed by atoms with Crippen LogP contribution < -0.4 is 0 Å². The number of piperazine rings is 1. The van der Waals surface area contributed by atoms with Crippen LogP contribution in [0.4, 0.5) is 0 Å². The maximum atomic E-state index is 11.8. The Kier molecular flexibility index (Phi) is 28.5. The molecule has 0 aromatic rings. The zero-order valence-electron chi connectivity index (χ0n) is 47.4. The molecule has 10 heteroatoms. The number of aliphatic hydroxyl groups is 4. The van der Waals surface area contributed by atoms with E-state index >= 15 is 0 Å². The van der Waals surface area contributed by atoms with Gasteiger partial charge in [0.15, 0.2) is 0 Å². The fourth-order valence-corrected chi connectivity index (χ4v) is 11.2. The third-order valence-corrected chi connectivity index (χ3v) is 15.0. The quantitative estimate of drug-likeness (QED) is 0.0363. The van der Waals surface area contributed by atoms with Crippen molar-refractivity contribution in [3.63, 3.8) is 0 Å². The SMILES string of the molecule is C=C(C)C1(O)C(C)C1N(CCN(CCN1CCN(CCN(CC(CC(C)CCCCCCC)OC(C)(C)C)CC(O)C(C)=CC(C)(C)C)CC1)C(CC(C)C)C(O)C=CC)C(CCC)C(O)CC. The minimum absolute atomic E-state index is 0.00189. The van der Waals surface area contributed by atoms with Crippen LogP contribution in [0.2, 0.25) is 0 Å². The van der Waals surface area contributed by atoms with Crippen molar-refractivity contribution in [1.82, 2.24) is 24.5 Å². The number of ether oxygens (including phenoxy) is 1. The van der Waals surface area contributed by atoms with E-state index in [1.54, 1.807) is 0 Å². The molecule has 0 aromatic heterocycles. The van der Waals surface area contributed by atoms with E-state index in [2.05, 4.69) is 134 Å². The average Bonchev–Trinajstić information content (AvgIpc) is 3.81. The largest absolute Gasteiger partial charge is 0.392 e. The lowest BCUT2D eigenvalue weighted by Gasteiger charge is -2.41. The van der Waals surface area contributed by atoms with Crippen LogP contribution >= 0.6 is 0 Å². The highest BCUT2D eigenvalue weighted by Gasteiger charge is 2.65. The topological polar surface area (TPSA) is 106 Å². The minimum Gasteiger partial charge on any atom is -0.392 e. The number of nitrogens with zero attached hydrogens (tertiary/aromatic N) is 5. The van der Waals surface area contributed by atoms with E-state index in [4.69, 9.17) is 4.74 Å². The molecule has 68 heavy (non-hydrogen) atoms. The van der Waals surface area contributed by atoms with E-state index in [1.807, 2.05) is 26.0 Å². The van der Waals surface area contributed by atoms with Gasteiger partial charge in [-0.3, -0.25) is 24.5 Å². The lowest BCUT2D eigenvalue weighted by molar-refractivity contribution is -0.0825. The Morgan fingerprint density at radius 1 is 0.794 bits per heavy atom. The summed E-state index contributed by atoms with van der Waals surface area (Å²) in [6.07, 6.45) is 16.8. The second-order valence-corrected chi connectivity index (χ2v) is 24.3. The van der Waals surface area contributed by atoms with Crippen LogP contribution in [-0.2, 0) is 4.74 Å². The lowest BCUT2D eigenvalue weighted by Crippen LogP contribution is -2.55. The van der Waals surface area contributed by atoms with Crippen LogP contribution in [0.1, 0.15) is 181 Å². The molecular weight excluding hydrogens is 847 g/mol. The fourth-order valence-electron chi connectivity index (χ4n) is 11.2. The molecule has 1 aliphatic heterocycles. The molecule has 2 fully saturated rings. The Balaban J connectivity index is 2.27. The molecule has 2 aliphatic rings. The number of hydrogen-bond donors (Lipinski definition) is 4. The second kappa shape index (κ2) is 30.8. The third kappa shape index (κ3) is 22.3. The van der Waals surface area contributed by atoms with Gasteiger partial charge in [0, 0.05) is 103 Å². The first-order valence-electron chi connectivity index (χ1n) is 27.9. The van der Waals surface area contributed by atoms with E-state index < -0.39 is 23.9 Å². The number of hydrogen-bond acceptors (Lipinski definition) is 10. The summed E-state index contributed by atoms with van der Waals surface area (Å²) in [7, 11) is 0. The van der Waals surface area contributed by atoms with Gasteiger partial charge in [0.1, 0.15) is 5.60 Å². The molecule has 1 saturated carbocycles. The third-order valence-electron chi connectivity index (χ3n) is 15.0. The van der Waals surface area contributed by atoms with E-state index in [1.165, 1.54) is 38.5 Å². The van der Waals surface area contributed by atoms with Gasteiger partial charge in [0.2, 0.25) is 0 Å². The number of allylic oxidation sites excluding steroid dienone is 2. The summed E-state index contributed by atoms with van der Waals surface area (Å²) < 4.78 is 6.82. The Labute approximate surface area is 421 Å². The summed E-state index contributed by atoms with van der Waals surface area (Å²) in [6, 6.07) is -0.196. The molecule has 0 radical (unpaired) electrons. The van der Waals surface area contributed by atoms with Gasteiger partial charge in [0.25, 0.3) is 0 Å². The molecule has 4 N–H and O–H groups in total. The van der Waals surface area contributed by atoms with Crippen molar-refractivity contribution in [3.05, 3.63) is 36.0 Å². The molecule has 1 aliphatic carbocycles. The normalized spacial score (nSPS) is 23.5. The van der Waals surface area contributed by atoms with Crippen molar-refractivity contribution in [2.45, 2.75) is 235 Å². The van der Waals surface area contributed by atoms with Gasteiger partial charge < -0.3 is 25.2 Å². The van der Waals surface area contributed by atoms with E-state index in [9.17, 15) is 20.4 Å². The van der Waals surface area contributed by atoms with E-state index in [-0.39, 0.29) is 41.2 Å². The van der Waals surface area contributed by atoms with Crippen molar-refractivity contribution in [1.29, 1.82) is 0 Å². The summed E-state index contributed by atoms with van der Waals surface area (Å²) in [5.41, 5.74) is 0.624. The lowest BCUT2D eigenvalue weighted by atomic mass is 9.92. The first-order chi connectivity index (χ1) is 31.8. The highest BCUT2D eigenvalue weighted by molar-refractivity contribution is 5.32. The summed E-state index contributed by atoms with van der Waals surface area (Å²) in [4.78, 5) is 12.6. The smallest absolute Gasteiger partial charge is 0.105 e. The first kappa shape index (κ1) is 62.9. The molecule has 10 unspecified atom stereocenters. The molecular formula is C58H113N5O5. The highest BCUT2D eigenvalue weighted by atomic mass is 16.5. The van der Waals surface area contributed by atoms with E-state index in [0.29, 0.717) is 31.3 Å². The van der Waals surface area contributed by atoms with Gasteiger partial charge in [-0.1, -0.05) is 139 Å². The molecule has 2 rings (SSSR count). The maximum Gasteiger partial charge on any atom is 0.105 e. The maximum absolute atomic E-state index is 11.8. The summed E-state index contributed by atoms with van der Waals surface area (Å²) in [5.74, 6) is 1.03. The van der Waals surface area contributed by atoms with Crippen molar-refractivity contribution >= 4 is 0 Å². The van der Waals surface area contributed by atoms with Crippen LogP contribution in [-0.4, -0.2) is 177 Å². The Morgan fingerprint density at radius 3 is 1.90 bits per heavy atom. The molecule has 1 saturated heterocycles. The van der Waals surface area contributed by atoms with Gasteiger partial charge in [-0.05, 0) is 95.6 Å². The van der Waals surface area contributed by atoms with Gasteiger partial charge >= 0.3 is 0 Å². The number of rotatable bonds is 35. The summed E-state index contributed by atoms with van der Waals surface area (Å²) >= 11 is 0. The van der Waals surface area contributed by atoms with Crippen LogP contribution in [0.3, 0.4) is 0 Å². The van der Waals surface area contributed by atoms with Crippen LogP contribution in [0, 0.1) is 23.2 Å². The monoisotopic (exact) mass is 960 g/mol. The molecule has 0 spiro atoms. The van der Waals surface area contributed by atoms with Crippen molar-refractivity contribution in [2.24, 2.45) is 23.2 Å². The zero-order chi connectivity index (χ0) is 51.4. The molecule has 400 valence electrons. The minimum atomic E-state index is -0.960. The molecule has 0 amide bonds. The molecule has 0 aromatic carbocycles. The standard InChI is InChI=1S/C58H113N5O5/c1-18-22-23-24-25-28-46(9)40-49(68-57(15,16)17)42-61(43-54(66)47(10)41-56(12,13)14)34-33-59-29-31-60(32-30-59)35-36-62(51(39-44(5)6)53(65)27-20-3)37-38-63(50(26-19-2)52(64)21-4)55-48(11)58(55,67)45(7)8/h20,27,41,44,46,48-55,64-67H,7,18-19,21-26,28-40,42-43H2,1-6,8-17H3. The predicted molar refractivity (Wildman–Crippen MR) is 290 cm³/mol. The second-order valence-electron chi connectivity index (χ2n) is 24.3. The Bertz CT molecular complexity index is 1430. The fraction of sp³-hybridized carbons (Fsp3) is 0.897.